The largest absolute Gasteiger partial charge is 0.308 e. The summed E-state index contributed by atoms with van der Waals surface area (Å²) < 4.78 is 13.5. The zero-order valence-electron chi connectivity index (χ0n) is 8.28. The van der Waals surface area contributed by atoms with Crippen molar-refractivity contribution in [3.8, 4) is 6.07 Å². The molecule has 5 heteroatoms. The lowest BCUT2D eigenvalue weighted by molar-refractivity contribution is -0.117. The van der Waals surface area contributed by atoms with Crippen molar-refractivity contribution in [1.29, 1.82) is 5.26 Å². The fourth-order valence-electron chi connectivity index (χ4n) is 1.69. The number of nitriles is 1. The molecule has 0 saturated carbocycles. The van der Waals surface area contributed by atoms with Gasteiger partial charge in [-0.1, -0.05) is 15.9 Å². The monoisotopic (exact) mass is 282 g/mol. The number of halogens is 2. The quantitative estimate of drug-likeness (QED) is 0.742. The van der Waals surface area contributed by atoms with Gasteiger partial charge in [-0.3, -0.25) is 4.79 Å². The summed E-state index contributed by atoms with van der Waals surface area (Å²) >= 11 is 3.33. The highest BCUT2D eigenvalue weighted by Crippen LogP contribution is 2.28. The molecule has 1 atom stereocenters. The molecule has 1 amide bonds. The Balaban J connectivity index is 2.40. The van der Waals surface area contributed by atoms with Crippen LogP contribution in [-0.2, 0) is 4.79 Å². The lowest BCUT2D eigenvalue weighted by Crippen LogP contribution is -2.25. The van der Waals surface area contributed by atoms with Crippen molar-refractivity contribution in [2.24, 2.45) is 0 Å². The molecule has 2 rings (SSSR count). The van der Waals surface area contributed by atoms with Gasteiger partial charge >= 0.3 is 0 Å². The van der Waals surface area contributed by atoms with Crippen molar-refractivity contribution in [2.75, 3.05) is 11.4 Å². The van der Waals surface area contributed by atoms with Crippen LogP contribution in [0.4, 0.5) is 10.1 Å². The van der Waals surface area contributed by atoms with Crippen LogP contribution in [0.15, 0.2) is 18.2 Å². The lowest BCUT2D eigenvalue weighted by Gasteiger charge is -2.16. The minimum absolute atomic E-state index is 0.0464. The summed E-state index contributed by atoms with van der Waals surface area (Å²) in [6.07, 6.45) is 0.357. The van der Waals surface area contributed by atoms with Crippen molar-refractivity contribution >= 4 is 27.5 Å². The maximum absolute atomic E-state index is 13.5. The van der Waals surface area contributed by atoms with Gasteiger partial charge in [0.1, 0.15) is 5.82 Å². The highest BCUT2D eigenvalue weighted by atomic mass is 79.9. The third-order valence-corrected chi connectivity index (χ3v) is 3.06. The molecule has 0 radical (unpaired) electrons. The van der Waals surface area contributed by atoms with E-state index < -0.39 is 5.82 Å². The molecule has 3 nitrogen and oxygen atoms in total. The number of benzene rings is 1. The number of rotatable bonds is 1. The Morgan fingerprint density at radius 1 is 1.56 bits per heavy atom. The van der Waals surface area contributed by atoms with Gasteiger partial charge in [-0.15, -0.1) is 0 Å². The number of anilines is 1. The number of hydrogen-bond donors (Lipinski definition) is 0. The molecule has 1 saturated heterocycles. The summed E-state index contributed by atoms with van der Waals surface area (Å²) in [7, 11) is 0. The first-order chi connectivity index (χ1) is 7.61. The zero-order chi connectivity index (χ0) is 11.7. The number of carbonyl (C=O) groups excluding carboxylic acids is 1. The molecule has 1 aromatic carbocycles. The first kappa shape index (κ1) is 11.1. The van der Waals surface area contributed by atoms with E-state index in [0.717, 1.165) is 0 Å². The molecule has 0 aliphatic carbocycles. The van der Waals surface area contributed by atoms with Gasteiger partial charge in [0.05, 0.1) is 17.3 Å². The average Bonchev–Trinajstić information content (AvgIpc) is 2.58. The minimum Gasteiger partial charge on any atom is -0.308 e. The van der Waals surface area contributed by atoms with Gasteiger partial charge in [-0.05, 0) is 18.2 Å². The van der Waals surface area contributed by atoms with Crippen LogP contribution >= 0.6 is 15.9 Å². The molecule has 0 N–H and O–H groups in total. The van der Waals surface area contributed by atoms with Crippen LogP contribution in [0.1, 0.15) is 12.0 Å². The average molecular weight is 283 g/mol. The molecule has 1 unspecified atom stereocenters. The van der Waals surface area contributed by atoms with Crippen molar-refractivity contribution in [2.45, 2.75) is 11.2 Å². The van der Waals surface area contributed by atoms with E-state index in [9.17, 15) is 9.18 Å². The summed E-state index contributed by atoms with van der Waals surface area (Å²) in [4.78, 5) is 13.0. The highest BCUT2D eigenvalue weighted by molar-refractivity contribution is 9.09. The number of alkyl halides is 1. The second kappa shape index (κ2) is 4.22. The third kappa shape index (κ3) is 1.93. The summed E-state index contributed by atoms with van der Waals surface area (Å²) in [6.45, 7) is 0.435. The summed E-state index contributed by atoms with van der Waals surface area (Å²) in [5.41, 5.74) is 0.535. The van der Waals surface area contributed by atoms with Gasteiger partial charge in [0.25, 0.3) is 0 Å². The molecule has 1 aliphatic heterocycles. The van der Waals surface area contributed by atoms with Gasteiger partial charge in [0, 0.05) is 17.8 Å². The minimum atomic E-state index is -0.478. The number of amides is 1. The van der Waals surface area contributed by atoms with Crippen LogP contribution in [0.3, 0.4) is 0 Å². The number of hydrogen-bond acceptors (Lipinski definition) is 2. The fraction of sp³-hybridized carbons (Fsp3) is 0.273. The molecular weight excluding hydrogens is 275 g/mol. The Morgan fingerprint density at radius 2 is 2.31 bits per heavy atom. The normalized spacial score (nSPS) is 19.9. The Labute approximate surface area is 101 Å². The van der Waals surface area contributed by atoms with E-state index in [4.69, 9.17) is 5.26 Å². The molecule has 0 aromatic heterocycles. The smallest absolute Gasteiger partial charge is 0.228 e. The Morgan fingerprint density at radius 3 is 2.88 bits per heavy atom. The van der Waals surface area contributed by atoms with E-state index in [1.165, 1.54) is 23.1 Å². The van der Waals surface area contributed by atoms with Gasteiger partial charge in [0.15, 0.2) is 0 Å². The van der Waals surface area contributed by atoms with Crippen LogP contribution in [0.25, 0.3) is 0 Å². The Kier molecular flexibility index (Phi) is 2.92. The summed E-state index contributed by atoms with van der Waals surface area (Å²) in [5.74, 6) is -0.607. The summed E-state index contributed by atoms with van der Waals surface area (Å²) in [6, 6.07) is 5.93. The topological polar surface area (TPSA) is 44.1 Å². The SMILES string of the molecule is N#Cc1ccc(F)c(N2CC(Br)CC2=O)c1. The number of nitrogens with zero attached hydrogens (tertiary/aromatic N) is 2. The van der Waals surface area contributed by atoms with Gasteiger partial charge < -0.3 is 4.90 Å². The molecule has 1 heterocycles. The van der Waals surface area contributed by atoms with Crippen LogP contribution in [0.5, 0.6) is 0 Å². The highest BCUT2D eigenvalue weighted by Gasteiger charge is 2.30. The van der Waals surface area contributed by atoms with Crippen molar-refractivity contribution in [1.82, 2.24) is 0 Å². The van der Waals surface area contributed by atoms with E-state index in [1.807, 2.05) is 6.07 Å². The molecule has 0 bridgehead atoms. The lowest BCUT2D eigenvalue weighted by atomic mass is 10.2. The first-order valence-corrected chi connectivity index (χ1v) is 5.67. The second-order valence-electron chi connectivity index (χ2n) is 3.58. The Bertz CT molecular complexity index is 483. The van der Waals surface area contributed by atoms with Crippen molar-refractivity contribution in [3.05, 3.63) is 29.6 Å². The molecule has 1 aromatic rings. The summed E-state index contributed by atoms with van der Waals surface area (Å²) in [5, 5.41) is 8.73. The molecule has 16 heavy (non-hydrogen) atoms. The van der Waals surface area contributed by atoms with E-state index in [2.05, 4.69) is 15.9 Å². The third-order valence-electron chi connectivity index (χ3n) is 2.44. The van der Waals surface area contributed by atoms with Crippen molar-refractivity contribution < 1.29 is 9.18 Å². The van der Waals surface area contributed by atoms with Gasteiger partial charge in [-0.2, -0.15) is 5.26 Å². The fourth-order valence-corrected chi connectivity index (χ4v) is 2.25. The maximum atomic E-state index is 13.5. The van der Waals surface area contributed by atoms with Crippen LogP contribution in [0.2, 0.25) is 0 Å². The van der Waals surface area contributed by atoms with E-state index >= 15 is 0 Å². The second-order valence-corrected chi connectivity index (χ2v) is 4.88. The van der Waals surface area contributed by atoms with Crippen LogP contribution in [-0.4, -0.2) is 17.3 Å². The zero-order valence-corrected chi connectivity index (χ0v) is 9.87. The maximum Gasteiger partial charge on any atom is 0.228 e. The van der Waals surface area contributed by atoms with E-state index in [0.29, 0.717) is 18.5 Å². The van der Waals surface area contributed by atoms with E-state index in [-0.39, 0.29) is 16.4 Å². The molecule has 1 fully saturated rings. The van der Waals surface area contributed by atoms with Crippen LogP contribution < -0.4 is 4.90 Å². The molecule has 1 aliphatic rings. The predicted octanol–water partition coefficient (Wildman–Crippen LogP) is 2.20. The van der Waals surface area contributed by atoms with E-state index in [1.54, 1.807) is 0 Å². The standard InChI is InChI=1S/C11H8BrFN2O/c12-8-4-11(16)15(6-8)10-3-7(5-14)1-2-9(10)13/h1-3,8H,4,6H2. The van der Waals surface area contributed by atoms with Gasteiger partial charge in [-0.25, -0.2) is 4.39 Å². The van der Waals surface area contributed by atoms with Crippen molar-refractivity contribution in [3.63, 3.8) is 0 Å². The predicted molar refractivity (Wildman–Crippen MR) is 60.8 cm³/mol. The molecule has 82 valence electrons. The first-order valence-electron chi connectivity index (χ1n) is 4.76. The number of carbonyl (C=O) groups is 1. The van der Waals surface area contributed by atoms with Crippen LogP contribution in [0, 0.1) is 17.1 Å². The Hall–Kier alpha value is -1.41. The molecule has 0 spiro atoms. The van der Waals surface area contributed by atoms with Gasteiger partial charge in [0.2, 0.25) is 5.91 Å². The molecular formula is C11H8BrFN2O.